The standard InChI is InChI=1S/C21H21Cl2N5O2/c1-30-20-11-19(28-13-24-25-26-28)18(23)10-17(20)21(29)27(12-15-2-3-15)9-8-14-4-6-16(22)7-5-14/h4-7,10-11,13,15H,2-3,8-9,12H2,1H3. The number of carbonyl (C=O) groups excluding carboxylic acids is 1. The molecular weight excluding hydrogens is 425 g/mol. The Morgan fingerprint density at radius 1 is 1.23 bits per heavy atom. The van der Waals surface area contributed by atoms with E-state index in [-0.39, 0.29) is 5.91 Å². The summed E-state index contributed by atoms with van der Waals surface area (Å²) in [6.45, 7) is 1.33. The van der Waals surface area contributed by atoms with Crippen molar-refractivity contribution in [1.82, 2.24) is 25.1 Å². The van der Waals surface area contributed by atoms with Crippen LogP contribution in [0.15, 0.2) is 42.7 Å². The average Bonchev–Trinajstić information content (AvgIpc) is 3.41. The van der Waals surface area contributed by atoms with Gasteiger partial charge in [-0.15, -0.1) is 5.10 Å². The third kappa shape index (κ3) is 4.74. The number of methoxy groups -OCH3 is 1. The van der Waals surface area contributed by atoms with Gasteiger partial charge in [0.1, 0.15) is 12.1 Å². The van der Waals surface area contributed by atoms with Gasteiger partial charge in [-0.2, -0.15) is 4.68 Å². The summed E-state index contributed by atoms with van der Waals surface area (Å²) in [4.78, 5) is 15.3. The van der Waals surface area contributed by atoms with Crippen molar-refractivity contribution >= 4 is 29.1 Å². The van der Waals surface area contributed by atoms with Crippen molar-refractivity contribution in [2.75, 3.05) is 20.2 Å². The van der Waals surface area contributed by atoms with E-state index in [0.717, 1.165) is 31.4 Å². The molecule has 9 heteroatoms. The van der Waals surface area contributed by atoms with Crippen LogP contribution in [0, 0.1) is 5.92 Å². The average molecular weight is 446 g/mol. The molecule has 0 saturated heterocycles. The molecule has 1 heterocycles. The van der Waals surface area contributed by atoms with Gasteiger partial charge in [-0.3, -0.25) is 4.79 Å². The SMILES string of the molecule is COc1cc(-n2cnnn2)c(Cl)cc1C(=O)N(CCc1ccc(Cl)cc1)CC1CC1. The van der Waals surface area contributed by atoms with Crippen LogP contribution in [0.25, 0.3) is 5.69 Å². The van der Waals surface area contributed by atoms with Gasteiger partial charge in [0.2, 0.25) is 0 Å². The second kappa shape index (κ2) is 9.02. The second-order valence-electron chi connectivity index (χ2n) is 7.33. The number of amides is 1. The normalized spacial score (nSPS) is 13.3. The highest BCUT2D eigenvalue weighted by Gasteiger charge is 2.29. The Labute approximate surface area is 184 Å². The lowest BCUT2D eigenvalue weighted by Crippen LogP contribution is -2.35. The van der Waals surface area contributed by atoms with Crippen molar-refractivity contribution in [3.05, 3.63) is 63.9 Å². The Bertz CT molecular complexity index is 1020. The predicted octanol–water partition coefficient (Wildman–Crippen LogP) is 4.07. The molecular formula is C21H21Cl2N5O2. The Hall–Kier alpha value is -2.64. The van der Waals surface area contributed by atoms with Gasteiger partial charge in [0, 0.05) is 24.2 Å². The lowest BCUT2D eigenvalue weighted by atomic mass is 10.1. The molecule has 0 bridgehead atoms. The van der Waals surface area contributed by atoms with E-state index >= 15 is 0 Å². The summed E-state index contributed by atoms with van der Waals surface area (Å²) >= 11 is 12.4. The van der Waals surface area contributed by atoms with Crippen LogP contribution in [0.5, 0.6) is 5.75 Å². The van der Waals surface area contributed by atoms with E-state index < -0.39 is 0 Å². The fourth-order valence-electron chi connectivity index (χ4n) is 3.30. The molecule has 156 valence electrons. The lowest BCUT2D eigenvalue weighted by Gasteiger charge is -2.24. The molecule has 0 radical (unpaired) electrons. The number of benzene rings is 2. The summed E-state index contributed by atoms with van der Waals surface area (Å²) in [6.07, 6.45) is 4.49. The van der Waals surface area contributed by atoms with Gasteiger partial charge >= 0.3 is 0 Å². The topological polar surface area (TPSA) is 73.1 Å². The molecule has 4 rings (SSSR count). The van der Waals surface area contributed by atoms with Crippen molar-refractivity contribution in [1.29, 1.82) is 0 Å². The van der Waals surface area contributed by atoms with Crippen molar-refractivity contribution in [2.24, 2.45) is 5.92 Å². The third-order valence-electron chi connectivity index (χ3n) is 5.14. The first-order chi connectivity index (χ1) is 14.5. The van der Waals surface area contributed by atoms with Crippen LogP contribution in [0.1, 0.15) is 28.8 Å². The highest BCUT2D eigenvalue weighted by atomic mass is 35.5. The minimum atomic E-state index is -0.0992. The molecule has 0 aliphatic heterocycles. The summed E-state index contributed by atoms with van der Waals surface area (Å²) in [6, 6.07) is 11.0. The molecule has 1 aliphatic rings. The molecule has 7 nitrogen and oxygen atoms in total. The summed E-state index contributed by atoms with van der Waals surface area (Å²) in [5.41, 5.74) is 2.10. The fourth-order valence-corrected chi connectivity index (χ4v) is 3.68. The maximum atomic E-state index is 13.4. The van der Waals surface area contributed by atoms with Crippen LogP contribution in [0.4, 0.5) is 0 Å². The number of halogens is 2. The van der Waals surface area contributed by atoms with Gasteiger partial charge in [-0.1, -0.05) is 35.3 Å². The Morgan fingerprint density at radius 3 is 2.63 bits per heavy atom. The molecule has 1 fully saturated rings. The first-order valence-corrected chi connectivity index (χ1v) is 10.5. The number of hydrogen-bond donors (Lipinski definition) is 0. The summed E-state index contributed by atoms with van der Waals surface area (Å²) in [7, 11) is 1.53. The van der Waals surface area contributed by atoms with Gasteiger partial charge in [0.05, 0.1) is 23.4 Å². The van der Waals surface area contributed by atoms with Crippen molar-refractivity contribution in [3.63, 3.8) is 0 Å². The summed E-state index contributed by atoms with van der Waals surface area (Å²) in [5.74, 6) is 0.890. The Morgan fingerprint density at radius 2 is 2.00 bits per heavy atom. The van der Waals surface area contributed by atoms with E-state index in [0.29, 0.717) is 39.5 Å². The first-order valence-electron chi connectivity index (χ1n) is 9.69. The molecule has 1 saturated carbocycles. The minimum Gasteiger partial charge on any atom is -0.496 e. The molecule has 0 unspecified atom stereocenters. The minimum absolute atomic E-state index is 0.0992. The molecule has 0 N–H and O–H groups in total. The zero-order valence-corrected chi connectivity index (χ0v) is 18.0. The Kier molecular flexibility index (Phi) is 6.20. The van der Waals surface area contributed by atoms with E-state index in [4.69, 9.17) is 27.9 Å². The van der Waals surface area contributed by atoms with Crippen molar-refractivity contribution in [2.45, 2.75) is 19.3 Å². The van der Waals surface area contributed by atoms with Crippen LogP contribution in [-0.2, 0) is 6.42 Å². The second-order valence-corrected chi connectivity index (χ2v) is 8.17. The quantitative estimate of drug-likeness (QED) is 0.522. The summed E-state index contributed by atoms with van der Waals surface area (Å²) in [5, 5.41) is 12.2. The fraction of sp³-hybridized carbons (Fsp3) is 0.333. The smallest absolute Gasteiger partial charge is 0.257 e. The van der Waals surface area contributed by atoms with Crippen LogP contribution in [-0.4, -0.2) is 51.2 Å². The maximum absolute atomic E-state index is 13.4. The predicted molar refractivity (Wildman–Crippen MR) is 114 cm³/mol. The van der Waals surface area contributed by atoms with E-state index in [1.165, 1.54) is 18.1 Å². The van der Waals surface area contributed by atoms with E-state index in [2.05, 4.69) is 15.5 Å². The highest BCUT2D eigenvalue weighted by molar-refractivity contribution is 6.33. The number of tetrazole rings is 1. The van der Waals surface area contributed by atoms with Gasteiger partial charge in [0.15, 0.2) is 0 Å². The molecule has 1 aromatic heterocycles. The number of rotatable bonds is 8. The van der Waals surface area contributed by atoms with E-state index in [1.54, 1.807) is 12.1 Å². The van der Waals surface area contributed by atoms with Crippen LogP contribution >= 0.6 is 23.2 Å². The zero-order chi connectivity index (χ0) is 21.1. The number of nitrogens with zero attached hydrogens (tertiary/aromatic N) is 5. The Balaban J connectivity index is 1.58. The first kappa shape index (κ1) is 20.6. The van der Waals surface area contributed by atoms with Crippen molar-refractivity contribution < 1.29 is 9.53 Å². The molecule has 0 atom stereocenters. The van der Waals surface area contributed by atoms with E-state index in [1.807, 2.05) is 29.2 Å². The number of hydrogen-bond acceptors (Lipinski definition) is 5. The lowest BCUT2D eigenvalue weighted by molar-refractivity contribution is 0.0746. The zero-order valence-electron chi connectivity index (χ0n) is 16.5. The van der Waals surface area contributed by atoms with Gasteiger partial charge in [0.25, 0.3) is 5.91 Å². The number of aromatic nitrogens is 4. The number of ether oxygens (including phenoxy) is 1. The highest BCUT2D eigenvalue weighted by Crippen LogP contribution is 2.33. The van der Waals surface area contributed by atoms with Crippen LogP contribution < -0.4 is 4.74 Å². The van der Waals surface area contributed by atoms with Gasteiger partial charge in [-0.25, -0.2) is 0 Å². The van der Waals surface area contributed by atoms with E-state index in [9.17, 15) is 4.79 Å². The van der Waals surface area contributed by atoms with Crippen LogP contribution in [0.2, 0.25) is 10.0 Å². The molecule has 30 heavy (non-hydrogen) atoms. The summed E-state index contributed by atoms with van der Waals surface area (Å²) < 4.78 is 6.94. The largest absolute Gasteiger partial charge is 0.496 e. The maximum Gasteiger partial charge on any atom is 0.257 e. The van der Waals surface area contributed by atoms with Crippen LogP contribution in [0.3, 0.4) is 0 Å². The number of carbonyl (C=O) groups is 1. The van der Waals surface area contributed by atoms with Gasteiger partial charge < -0.3 is 9.64 Å². The molecule has 2 aromatic carbocycles. The molecule has 3 aromatic rings. The van der Waals surface area contributed by atoms with Gasteiger partial charge in [-0.05, 0) is 59.4 Å². The molecule has 0 spiro atoms. The third-order valence-corrected chi connectivity index (χ3v) is 5.70. The van der Waals surface area contributed by atoms with Crippen molar-refractivity contribution in [3.8, 4) is 11.4 Å². The monoisotopic (exact) mass is 445 g/mol. The molecule has 1 aliphatic carbocycles. The molecule has 1 amide bonds.